The Hall–Kier alpha value is -2.15. The molecule has 0 atom stereocenters. The van der Waals surface area contributed by atoms with Crippen LogP contribution in [0.25, 0.3) is 10.9 Å². The van der Waals surface area contributed by atoms with Gasteiger partial charge in [-0.3, -0.25) is 4.98 Å². The van der Waals surface area contributed by atoms with Crippen molar-refractivity contribution in [3.63, 3.8) is 0 Å². The van der Waals surface area contributed by atoms with Crippen molar-refractivity contribution in [1.82, 2.24) is 9.71 Å². The Morgan fingerprint density at radius 1 is 1.00 bits per heavy atom. The van der Waals surface area contributed by atoms with E-state index in [1.165, 1.54) is 5.56 Å². The molecule has 5 nitrogen and oxygen atoms in total. The predicted octanol–water partition coefficient (Wildman–Crippen LogP) is 5.54. The zero-order chi connectivity index (χ0) is 21.8. The largest absolute Gasteiger partial charge is 0.382 e. The fourth-order valence-corrected chi connectivity index (χ4v) is 5.71. The highest BCUT2D eigenvalue weighted by atomic mass is 35.5. The van der Waals surface area contributed by atoms with E-state index in [0.717, 1.165) is 55.1 Å². The van der Waals surface area contributed by atoms with E-state index in [9.17, 15) is 8.42 Å². The van der Waals surface area contributed by atoms with Crippen LogP contribution in [0.4, 0.5) is 5.69 Å². The molecule has 0 aliphatic heterocycles. The van der Waals surface area contributed by atoms with Gasteiger partial charge in [-0.05, 0) is 74.1 Å². The van der Waals surface area contributed by atoms with E-state index < -0.39 is 10.0 Å². The second-order valence-electron chi connectivity index (χ2n) is 8.23. The minimum Gasteiger partial charge on any atom is -0.382 e. The van der Waals surface area contributed by atoms with E-state index >= 15 is 0 Å². The molecule has 1 heterocycles. The first-order chi connectivity index (χ1) is 14.9. The predicted molar refractivity (Wildman–Crippen MR) is 127 cm³/mol. The van der Waals surface area contributed by atoms with E-state index in [2.05, 4.69) is 21.9 Å². The number of anilines is 1. The van der Waals surface area contributed by atoms with Gasteiger partial charge in [0.15, 0.2) is 0 Å². The number of pyridine rings is 1. The molecule has 1 aromatic heterocycles. The summed E-state index contributed by atoms with van der Waals surface area (Å²) in [4.78, 5) is 4.73. The van der Waals surface area contributed by atoms with Gasteiger partial charge in [-0.25, -0.2) is 13.1 Å². The first-order valence-electron chi connectivity index (χ1n) is 10.9. The van der Waals surface area contributed by atoms with Crippen molar-refractivity contribution in [2.45, 2.75) is 62.4 Å². The maximum Gasteiger partial charge on any atom is 0.240 e. The molecule has 164 valence electrons. The van der Waals surface area contributed by atoms with Crippen LogP contribution in [0.15, 0.2) is 59.6 Å². The van der Waals surface area contributed by atoms with E-state index in [1.54, 1.807) is 18.3 Å². The SMILES string of the molecule is CCCc1ccc(S(=O)(=O)N[C@H]2CC[C@@H](Nc3ccnc4cc(Cl)ccc34)CC2)cc1. The van der Waals surface area contributed by atoms with Gasteiger partial charge in [0.1, 0.15) is 0 Å². The first-order valence-corrected chi connectivity index (χ1v) is 12.7. The van der Waals surface area contributed by atoms with Crippen LogP contribution in [0.2, 0.25) is 5.02 Å². The first kappa shape index (κ1) is 22.1. The Morgan fingerprint density at radius 3 is 2.42 bits per heavy atom. The van der Waals surface area contributed by atoms with Crippen LogP contribution in [0.5, 0.6) is 0 Å². The second-order valence-corrected chi connectivity index (χ2v) is 10.4. The van der Waals surface area contributed by atoms with Gasteiger partial charge in [0.25, 0.3) is 0 Å². The monoisotopic (exact) mass is 457 g/mol. The van der Waals surface area contributed by atoms with Gasteiger partial charge < -0.3 is 5.32 Å². The maximum atomic E-state index is 12.8. The molecule has 1 saturated carbocycles. The van der Waals surface area contributed by atoms with Crippen LogP contribution >= 0.6 is 11.6 Å². The number of nitrogens with zero attached hydrogens (tertiary/aromatic N) is 1. The third-order valence-electron chi connectivity index (χ3n) is 5.89. The Balaban J connectivity index is 1.35. The smallest absolute Gasteiger partial charge is 0.240 e. The van der Waals surface area contributed by atoms with Crippen molar-refractivity contribution >= 4 is 38.2 Å². The molecule has 0 bridgehead atoms. The molecular weight excluding hydrogens is 430 g/mol. The van der Waals surface area contributed by atoms with E-state index in [0.29, 0.717) is 16.0 Å². The van der Waals surface area contributed by atoms with Crippen LogP contribution in [-0.2, 0) is 16.4 Å². The van der Waals surface area contributed by atoms with Crippen molar-refractivity contribution in [2.75, 3.05) is 5.32 Å². The minimum absolute atomic E-state index is 0.0358. The molecule has 2 N–H and O–H groups in total. The molecule has 0 saturated heterocycles. The molecule has 2 aromatic carbocycles. The number of aryl methyl sites for hydroxylation is 1. The van der Waals surface area contributed by atoms with E-state index in [-0.39, 0.29) is 6.04 Å². The number of hydrogen-bond donors (Lipinski definition) is 2. The second kappa shape index (κ2) is 9.55. The van der Waals surface area contributed by atoms with Gasteiger partial charge in [0.2, 0.25) is 10.0 Å². The molecule has 3 aromatic rings. The van der Waals surface area contributed by atoms with Crippen molar-refractivity contribution in [1.29, 1.82) is 0 Å². The molecule has 0 spiro atoms. The van der Waals surface area contributed by atoms with Gasteiger partial charge in [-0.2, -0.15) is 0 Å². The molecule has 31 heavy (non-hydrogen) atoms. The molecular formula is C24H28ClN3O2S. The lowest BCUT2D eigenvalue weighted by Crippen LogP contribution is -2.40. The summed E-state index contributed by atoms with van der Waals surface area (Å²) in [5, 5.41) is 5.33. The van der Waals surface area contributed by atoms with Gasteiger partial charge >= 0.3 is 0 Å². The van der Waals surface area contributed by atoms with E-state index in [1.807, 2.05) is 36.4 Å². The summed E-state index contributed by atoms with van der Waals surface area (Å²) in [5.74, 6) is 0. The van der Waals surface area contributed by atoms with Gasteiger partial charge in [-0.15, -0.1) is 0 Å². The molecule has 1 aliphatic rings. The van der Waals surface area contributed by atoms with Crippen LogP contribution in [0, 0.1) is 0 Å². The third-order valence-corrected chi connectivity index (χ3v) is 7.66. The third kappa shape index (κ3) is 5.37. The van der Waals surface area contributed by atoms with E-state index in [4.69, 9.17) is 11.6 Å². The van der Waals surface area contributed by atoms with Gasteiger partial charge in [0.05, 0.1) is 10.4 Å². The normalized spacial score (nSPS) is 19.4. The summed E-state index contributed by atoms with van der Waals surface area (Å²) < 4.78 is 28.4. The fourth-order valence-electron chi connectivity index (χ4n) is 4.23. The number of halogens is 1. The summed E-state index contributed by atoms with van der Waals surface area (Å²) in [5.41, 5.74) is 3.07. The fraction of sp³-hybridized carbons (Fsp3) is 0.375. The topological polar surface area (TPSA) is 71.1 Å². The maximum absolute atomic E-state index is 12.8. The van der Waals surface area contributed by atoms with Crippen molar-refractivity contribution in [3.05, 3.63) is 65.3 Å². The van der Waals surface area contributed by atoms with Crippen LogP contribution in [0.1, 0.15) is 44.6 Å². The van der Waals surface area contributed by atoms with Crippen LogP contribution in [-0.4, -0.2) is 25.5 Å². The number of sulfonamides is 1. The molecule has 1 fully saturated rings. The molecule has 7 heteroatoms. The Labute approximate surface area is 189 Å². The number of nitrogens with one attached hydrogen (secondary N) is 2. The summed E-state index contributed by atoms with van der Waals surface area (Å²) in [6.07, 6.45) is 7.21. The van der Waals surface area contributed by atoms with Crippen molar-refractivity contribution < 1.29 is 8.42 Å². The summed E-state index contributed by atoms with van der Waals surface area (Å²) >= 11 is 6.08. The number of benzene rings is 2. The summed E-state index contributed by atoms with van der Waals surface area (Å²) in [7, 11) is -3.49. The lowest BCUT2D eigenvalue weighted by molar-refractivity contribution is 0.387. The summed E-state index contributed by atoms with van der Waals surface area (Å²) in [6, 6.07) is 15.2. The Kier molecular flexibility index (Phi) is 6.80. The van der Waals surface area contributed by atoms with Gasteiger partial charge in [-0.1, -0.05) is 37.1 Å². The minimum atomic E-state index is -3.49. The number of rotatable bonds is 7. The Morgan fingerprint density at radius 2 is 1.71 bits per heavy atom. The zero-order valence-electron chi connectivity index (χ0n) is 17.6. The van der Waals surface area contributed by atoms with Crippen LogP contribution in [0.3, 0.4) is 0 Å². The molecule has 0 unspecified atom stereocenters. The Bertz CT molecular complexity index is 1140. The van der Waals surface area contributed by atoms with Crippen molar-refractivity contribution in [3.8, 4) is 0 Å². The number of hydrogen-bond acceptors (Lipinski definition) is 4. The quantitative estimate of drug-likeness (QED) is 0.488. The molecule has 1 aliphatic carbocycles. The van der Waals surface area contributed by atoms with Crippen LogP contribution < -0.4 is 10.0 Å². The van der Waals surface area contributed by atoms with Gasteiger partial charge in [0, 0.05) is 34.4 Å². The van der Waals surface area contributed by atoms with Crippen molar-refractivity contribution in [2.24, 2.45) is 0 Å². The zero-order valence-corrected chi connectivity index (χ0v) is 19.2. The highest BCUT2D eigenvalue weighted by molar-refractivity contribution is 7.89. The summed E-state index contributed by atoms with van der Waals surface area (Å²) in [6.45, 7) is 2.12. The average Bonchev–Trinajstić information content (AvgIpc) is 2.75. The molecule has 4 rings (SSSR count). The highest BCUT2D eigenvalue weighted by Crippen LogP contribution is 2.28. The molecule has 0 radical (unpaired) electrons. The lowest BCUT2D eigenvalue weighted by atomic mass is 9.91. The highest BCUT2D eigenvalue weighted by Gasteiger charge is 2.26. The standard InChI is InChI=1S/C24H28ClN3O2S/c1-2-3-17-4-11-21(12-5-17)31(29,30)28-20-9-7-19(8-10-20)27-23-14-15-26-24-16-18(25)6-13-22(23)24/h4-6,11-16,19-20,28H,2-3,7-10H2,1H3,(H,26,27)/t19-,20+. The lowest BCUT2D eigenvalue weighted by Gasteiger charge is -2.30. The molecule has 0 amide bonds. The average molecular weight is 458 g/mol. The number of fused-ring (bicyclic) bond motifs is 1. The number of aromatic nitrogens is 1.